The minimum atomic E-state index is 0.686. The maximum Gasteiger partial charge on any atom is 0.210 e. The van der Waals surface area contributed by atoms with E-state index in [1.54, 1.807) is 0 Å². The lowest BCUT2D eigenvalue weighted by Crippen LogP contribution is -1.88. The fraction of sp³-hybridized carbons (Fsp3) is 0.0667. The molecule has 3 rings (SSSR count). The Morgan fingerprint density at radius 1 is 1.00 bits per heavy atom. The molecule has 5 heteroatoms. The zero-order chi connectivity index (χ0) is 13.9. The number of anilines is 2. The van der Waals surface area contributed by atoms with Gasteiger partial charge in [0.05, 0.1) is 5.02 Å². The van der Waals surface area contributed by atoms with Gasteiger partial charge in [-0.1, -0.05) is 58.8 Å². The number of nitrogens with one attached hydrogen (secondary N) is 1. The van der Waals surface area contributed by atoms with E-state index in [9.17, 15) is 0 Å². The van der Waals surface area contributed by atoms with Gasteiger partial charge in [-0.15, -0.1) is 10.2 Å². The number of benzene rings is 2. The Bertz CT molecular complexity index is 722. The van der Waals surface area contributed by atoms with Crippen molar-refractivity contribution in [3.8, 4) is 10.6 Å². The van der Waals surface area contributed by atoms with Gasteiger partial charge in [0.25, 0.3) is 0 Å². The first-order valence-corrected chi connectivity index (χ1v) is 7.34. The summed E-state index contributed by atoms with van der Waals surface area (Å²) in [5, 5.41) is 13.8. The lowest BCUT2D eigenvalue weighted by atomic mass is 10.2. The van der Waals surface area contributed by atoms with E-state index in [-0.39, 0.29) is 0 Å². The van der Waals surface area contributed by atoms with Crippen LogP contribution < -0.4 is 5.32 Å². The Balaban J connectivity index is 1.84. The second kappa shape index (κ2) is 5.61. The van der Waals surface area contributed by atoms with Crippen LogP contribution in [-0.4, -0.2) is 10.2 Å². The SMILES string of the molecule is Cc1ccc(Nc2nnc(-c3ccccc3Cl)s2)cc1. The highest BCUT2D eigenvalue weighted by atomic mass is 35.5. The van der Waals surface area contributed by atoms with Crippen molar-refractivity contribution >= 4 is 33.8 Å². The molecular formula is C15H12ClN3S. The van der Waals surface area contributed by atoms with Gasteiger partial charge in [0, 0.05) is 11.3 Å². The van der Waals surface area contributed by atoms with Gasteiger partial charge < -0.3 is 5.32 Å². The molecule has 0 amide bonds. The smallest absolute Gasteiger partial charge is 0.210 e. The molecule has 0 fully saturated rings. The summed E-state index contributed by atoms with van der Waals surface area (Å²) in [5.41, 5.74) is 3.13. The highest BCUT2D eigenvalue weighted by molar-refractivity contribution is 7.18. The Kier molecular flexibility index (Phi) is 3.67. The van der Waals surface area contributed by atoms with Crippen molar-refractivity contribution < 1.29 is 0 Å². The van der Waals surface area contributed by atoms with Gasteiger partial charge in [0.2, 0.25) is 5.13 Å². The Morgan fingerprint density at radius 2 is 1.75 bits per heavy atom. The Morgan fingerprint density at radius 3 is 2.50 bits per heavy atom. The van der Waals surface area contributed by atoms with E-state index in [1.807, 2.05) is 36.4 Å². The first-order chi connectivity index (χ1) is 9.72. The van der Waals surface area contributed by atoms with Crippen LogP contribution >= 0.6 is 22.9 Å². The molecule has 0 saturated heterocycles. The molecule has 1 aromatic heterocycles. The predicted molar refractivity (Wildman–Crippen MR) is 84.8 cm³/mol. The molecule has 2 aromatic carbocycles. The molecule has 0 aliphatic carbocycles. The van der Waals surface area contributed by atoms with E-state index in [0.717, 1.165) is 21.4 Å². The molecule has 0 unspecified atom stereocenters. The number of rotatable bonds is 3. The number of aromatic nitrogens is 2. The number of halogens is 1. The summed E-state index contributed by atoms with van der Waals surface area (Å²) in [6.07, 6.45) is 0. The van der Waals surface area contributed by atoms with E-state index in [1.165, 1.54) is 16.9 Å². The molecule has 100 valence electrons. The number of nitrogens with zero attached hydrogens (tertiary/aromatic N) is 2. The molecule has 0 saturated carbocycles. The maximum atomic E-state index is 6.16. The van der Waals surface area contributed by atoms with Gasteiger partial charge in [-0.25, -0.2) is 0 Å². The monoisotopic (exact) mass is 301 g/mol. The van der Waals surface area contributed by atoms with E-state index < -0.39 is 0 Å². The van der Waals surface area contributed by atoms with Crippen molar-refractivity contribution in [2.24, 2.45) is 0 Å². The molecule has 0 aliphatic rings. The Hall–Kier alpha value is -1.91. The van der Waals surface area contributed by atoms with Crippen LogP contribution in [0, 0.1) is 6.92 Å². The number of aryl methyl sites for hydroxylation is 1. The second-order valence-corrected chi connectivity index (χ2v) is 5.77. The van der Waals surface area contributed by atoms with Crippen molar-refractivity contribution in [1.82, 2.24) is 10.2 Å². The summed E-state index contributed by atoms with van der Waals surface area (Å²) in [4.78, 5) is 0. The third-order valence-corrected chi connectivity index (χ3v) is 4.03. The van der Waals surface area contributed by atoms with Crippen LogP contribution in [0.3, 0.4) is 0 Å². The Labute approximate surface area is 126 Å². The zero-order valence-corrected chi connectivity index (χ0v) is 12.4. The third-order valence-electron chi connectivity index (χ3n) is 2.83. The van der Waals surface area contributed by atoms with E-state index in [4.69, 9.17) is 11.6 Å². The lowest BCUT2D eigenvalue weighted by Gasteiger charge is -2.01. The maximum absolute atomic E-state index is 6.16. The molecule has 0 spiro atoms. The quantitative estimate of drug-likeness (QED) is 0.747. The van der Waals surface area contributed by atoms with E-state index >= 15 is 0 Å². The molecule has 3 aromatic rings. The molecule has 3 nitrogen and oxygen atoms in total. The molecule has 0 bridgehead atoms. The van der Waals surface area contributed by atoms with Crippen LogP contribution in [0.5, 0.6) is 0 Å². The highest BCUT2D eigenvalue weighted by Gasteiger charge is 2.09. The van der Waals surface area contributed by atoms with E-state index in [2.05, 4.69) is 34.6 Å². The molecule has 1 heterocycles. The molecule has 1 N–H and O–H groups in total. The molecule has 0 atom stereocenters. The fourth-order valence-corrected chi connectivity index (χ4v) is 2.86. The van der Waals surface area contributed by atoms with Crippen LogP contribution in [0.2, 0.25) is 5.02 Å². The summed E-state index contributed by atoms with van der Waals surface area (Å²) in [6.45, 7) is 2.06. The normalized spacial score (nSPS) is 10.5. The van der Waals surface area contributed by atoms with Crippen molar-refractivity contribution in [2.45, 2.75) is 6.92 Å². The average molecular weight is 302 g/mol. The highest BCUT2D eigenvalue weighted by Crippen LogP contribution is 2.32. The topological polar surface area (TPSA) is 37.8 Å². The summed E-state index contributed by atoms with van der Waals surface area (Å²) >= 11 is 7.65. The lowest BCUT2D eigenvalue weighted by molar-refractivity contribution is 1.10. The molecular weight excluding hydrogens is 290 g/mol. The predicted octanol–water partition coefficient (Wildman–Crippen LogP) is 4.91. The number of hydrogen-bond donors (Lipinski definition) is 1. The van der Waals surface area contributed by atoms with Crippen molar-refractivity contribution in [1.29, 1.82) is 0 Å². The summed E-state index contributed by atoms with van der Waals surface area (Å²) < 4.78 is 0. The minimum Gasteiger partial charge on any atom is -0.330 e. The van der Waals surface area contributed by atoms with Crippen molar-refractivity contribution in [3.05, 3.63) is 59.1 Å². The van der Waals surface area contributed by atoms with Crippen LogP contribution in [0.15, 0.2) is 48.5 Å². The van der Waals surface area contributed by atoms with Crippen LogP contribution in [0.25, 0.3) is 10.6 Å². The largest absolute Gasteiger partial charge is 0.330 e. The molecule has 0 aliphatic heterocycles. The van der Waals surface area contributed by atoms with Crippen molar-refractivity contribution in [2.75, 3.05) is 5.32 Å². The van der Waals surface area contributed by atoms with Gasteiger partial charge in [-0.2, -0.15) is 0 Å². The van der Waals surface area contributed by atoms with Crippen LogP contribution in [0.4, 0.5) is 10.8 Å². The summed E-state index contributed by atoms with van der Waals surface area (Å²) in [7, 11) is 0. The standard InChI is InChI=1S/C15H12ClN3S/c1-10-6-8-11(9-7-10)17-15-19-18-14(20-15)12-4-2-3-5-13(12)16/h2-9H,1H3,(H,17,19). The molecule has 20 heavy (non-hydrogen) atoms. The third kappa shape index (κ3) is 2.81. The van der Waals surface area contributed by atoms with Gasteiger partial charge in [-0.3, -0.25) is 0 Å². The summed E-state index contributed by atoms with van der Waals surface area (Å²) in [6, 6.07) is 15.8. The van der Waals surface area contributed by atoms with Gasteiger partial charge in [-0.05, 0) is 25.1 Å². The first kappa shape index (κ1) is 13.1. The van der Waals surface area contributed by atoms with Gasteiger partial charge in [0.1, 0.15) is 0 Å². The van der Waals surface area contributed by atoms with Crippen molar-refractivity contribution in [3.63, 3.8) is 0 Å². The second-order valence-electron chi connectivity index (χ2n) is 4.38. The van der Waals surface area contributed by atoms with Crippen LogP contribution in [-0.2, 0) is 0 Å². The minimum absolute atomic E-state index is 0.686. The van der Waals surface area contributed by atoms with Crippen LogP contribution in [0.1, 0.15) is 5.56 Å². The average Bonchev–Trinajstić information content (AvgIpc) is 2.90. The fourth-order valence-electron chi connectivity index (χ4n) is 1.78. The number of hydrogen-bond acceptors (Lipinski definition) is 4. The van der Waals surface area contributed by atoms with Gasteiger partial charge >= 0.3 is 0 Å². The van der Waals surface area contributed by atoms with Gasteiger partial charge in [0.15, 0.2) is 5.01 Å². The summed E-state index contributed by atoms with van der Waals surface area (Å²) in [5.74, 6) is 0. The van der Waals surface area contributed by atoms with E-state index in [0.29, 0.717) is 5.02 Å². The first-order valence-electron chi connectivity index (χ1n) is 6.14. The molecule has 0 radical (unpaired) electrons. The zero-order valence-electron chi connectivity index (χ0n) is 10.8.